The van der Waals surface area contributed by atoms with Gasteiger partial charge in [0.1, 0.15) is 18.8 Å². The molecule has 3 aromatic rings. The number of rotatable bonds is 9. The van der Waals surface area contributed by atoms with E-state index in [2.05, 4.69) is 21.3 Å². The topological polar surface area (TPSA) is 103 Å². The summed E-state index contributed by atoms with van der Waals surface area (Å²) in [5.41, 5.74) is 7.63. The third-order valence-corrected chi connectivity index (χ3v) is 5.48. The average Bonchev–Trinajstić information content (AvgIpc) is 3.21. The normalized spacial score (nSPS) is 15.1. The zero-order valence-corrected chi connectivity index (χ0v) is 17.9. The lowest BCUT2D eigenvalue weighted by Gasteiger charge is -2.32. The highest BCUT2D eigenvalue weighted by Crippen LogP contribution is 2.29. The van der Waals surface area contributed by atoms with E-state index in [1.807, 2.05) is 18.2 Å². The molecule has 1 aromatic heterocycles. The number of alkyl halides is 1. The molecule has 1 fully saturated rings. The fourth-order valence-corrected chi connectivity index (χ4v) is 3.89. The number of aromatic nitrogens is 1. The van der Waals surface area contributed by atoms with Crippen LogP contribution in [-0.4, -0.2) is 55.3 Å². The second-order valence-electron chi connectivity index (χ2n) is 7.67. The van der Waals surface area contributed by atoms with Crippen molar-refractivity contribution in [3.8, 4) is 11.5 Å². The number of likely N-dealkylation sites (tertiary alicyclic amines) is 1. The fourth-order valence-electron chi connectivity index (χ4n) is 3.89. The Kier molecular flexibility index (Phi) is 6.75. The molecule has 0 saturated carbocycles. The lowest BCUT2D eigenvalue weighted by Crippen LogP contribution is -2.38. The molecule has 0 atom stereocenters. The fraction of sp³-hybridized carbons (Fsp3) is 0.391. The first-order valence-corrected chi connectivity index (χ1v) is 10.5. The molecule has 1 amide bonds. The van der Waals surface area contributed by atoms with Crippen molar-refractivity contribution in [2.75, 3.05) is 38.8 Å². The number of nitrogens with two attached hydrogens (primary N) is 1. The lowest BCUT2D eigenvalue weighted by atomic mass is 10.0. The number of hydrogen-bond acceptors (Lipinski definition) is 7. The van der Waals surface area contributed by atoms with E-state index in [4.69, 9.17) is 19.6 Å². The molecule has 0 unspecified atom stereocenters. The van der Waals surface area contributed by atoms with Crippen LogP contribution in [0.2, 0.25) is 0 Å². The number of piperidine rings is 1. The van der Waals surface area contributed by atoms with Crippen LogP contribution in [0.5, 0.6) is 11.5 Å². The summed E-state index contributed by atoms with van der Waals surface area (Å²) in [6.45, 7) is 2.01. The van der Waals surface area contributed by atoms with Crippen molar-refractivity contribution in [1.82, 2.24) is 9.88 Å². The van der Waals surface area contributed by atoms with Crippen LogP contribution in [0, 0.1) is 6.07 Å². The molecule has 8 nitrogen and oxygen atoms in total. The molecule has 1 aliphatic heterocycles. The van der Waals surface area contributed by atoms with E-state index < -0.39 is 12.6 Å². The predicted octanol–water partition coefficient (Wildman–Crippen LogP) is 3.16. The number of nitrogens with one attached hydrogen (secondary N) is 1. The average molecular weight is 441 g/mol. The Morgan fingerprint density at radius 3 is 2.88 bits per heavy atom. The molecule has 1 saturated heterocycles. The number of nitrogens with zero attached hydrogens (tertiary/aromatic N) is 2. The van der Waals surface area contributed by atoms with E-state index >= 15 is 0 Å². The van der Waals surface area contributed by atoms with E-state index in [1.165, 1.54) is 0 Å². The summed E-state index contributed by atoms with van der Waals surface area (Å²) >= 11 is 0. The number of amides is 1. The highest BCUT2D eigenvalue weighted by Gasteiger charge is 2.22. The molecule has 9 heteroatoms. The smallest absolute Gasteiger partial charge is 0.295 e. The van der Waals surface area contributed by atoms with Crippen LogP contribution in [0.3, 0.4) is 0 Å². The van der Waals surface area contributed by atoms with Crippen molar-refractivity contribution in [3.05, 3.63) is 47.5 Å². The van der Waals surface area contributed by atoms with Gasteiger partial charge in [-0.25, -0.2) is 4.39 Å². The van der Waals surface area contributed by atoms with Crippen molar-refractivity contribution >= 4 is 23.0 Å². The van der Waals surface area contributed by atoms with Crippen LogP contribution in [0.1, 0.15) is 28.8 Å². The van der Waals surface area contributed by atoms with Crippen LogP contribution in [-0.2, 0) is 6.54 Å². The number of halogens is 1. The highest BCUT2D eigenvalue weighted by molar-refractivity contribution is 6.03. The Labute approximate surface area is 185 Å². The molecular formula is C23H26FN4O4. The van der Waals surface area contributed by atoms with Gasteiger partial charge in [0, 0.05) is 25.7 Å². The van der Waals surface area contributed by atoms with Gasteiger partial charge in [-0.2, -0.15) is 4.98 Å². The van der Waals surface area contributed by atoms with Gasteiger partial charge in [-0.15, -0.1) is 0 Å². The summed E-state index contributed by atoms with van der Waals surface area (Å²) in [6.07, 6.45) is 1.82. The maximum atomic E-state index is 12.5. The van der Waals surface area contributed by atoms with Gasteiger partial charge < -0.3 is 24.9 Å². The van der Waals surface area contributed by atoms with Crippen LogP contribution in [0.4, 0.5) is 10.4 Å². The number of methoxy groups -OCH3 is 1. The van der Waals surface area contributed by atoms with Gasteiger partial charge in [-0.05, 0) is 48.7 Å². The van der Waals surface area contributed by atoms with Gasteiger partial charge in [0.05, 0.1) is 12.7 Å². The Morgan fingerprint density at radius 2 is 2.16 bits per heavy atom. The molecule has 4 rings (SSSR count). The number of oxazole rings is 1. The molecule has 0 aliphatic carbocycles. The van der Waals surface area contributed by atoms with E-state index in [9.17, 15) is 9.18 Å². The lowest BCUT2D eigenvalue weighted by molar-refractivity contribution is 0.100. The maximum Gasteiger partial charge on any atom is 0.295 e. The molecule has 1 radical (unpaired) electrons. The third-order valence-electron chi connectivity index (χ3n) is 5.48. The number of primary amides is 1. The Morgan fingerprint density at radius 1 is 1.34 bits per heavy atom. The van der Waals surface area contributed by atoms with Gasteiger partial charge in [0.2, 0.25) is 0 Å². The zero-order chi connectivity index (χ0) is 22.5. The number of benzene rings is 2. The second-order valence-corrected chi connectivity index (χ2v) is 7.67. The summed E-state index contributed by atoms with van der Waals surface area (Å²) in [6, 6.07) is 12.5. The molecular weight excluding hydrogens is 415 g/mol. The molecule has 169 valence electrons. The largest absolute Gasteiger partial charge is 0.493 e. The van der Waals surface area contributed by atoms with Crippen LogP contribution >= 0.6 is 0 Å². The summed E-state index contributed by atoms with van der Waals surface area (Å²) in [7, 11) is 1.57. The monoisotopic (exact) mass is 441 g/mol. The number of carbonyl (C=O) groups excluding carboxylic acids is 1. The second kappa shape index (κ2) is 9.86. The predicted molar refractivity (Wildman–Crippen MR) is 118 cm³/mol. The van der Waals surface area contributed by atoms with Crippen LogP contribution < -0.4 is 20.5 Å². The summed E-state index contributed by atoms with van der Waals surface area (Å²) in [5.74, 6) is 0.573. The minimum Gasteiger partial charge on any atom is -0.493 e. The summed E-state index contributed by atoms with van der Waals surface area (Å²) in [5, 5.41) is 3.33. The Hall–Kier alpha value is -3.33. The molecule has 32 heavy (non-hydrogen) atoms. The first-order chi connectivity index (χ1) is 15.6. The molecule has 0 bridgehead atoms. The molecule has 1 aliphatic rings. The first-order valence-electron chi connectivity index (χ1n) is 10.5. The number of ether oxygens (including phenoxy) is 2. The number of anilines is 1. The minimum atomic E-state index is -0.583. The van der Waals surface area contributed by atoms with Gasteiger partial charge >= 0.3 is 0 Å². The summed E-state index contributed by atoms with van der Waals surface area (Å²) < 4.78 is 29.0. The van der Waals surface area contributed by atoms with Gasteiger partial charge in [0.15, 0.2) is 17.1 Å². The van der Waals surface area contributed by atoms with E-state index in [-0.39, 0.29) is 18.2 Å². The minimum absolute atomic E-state index is 0.00562. The van der Waals surface area contributed by atoms with Crippen molar-refractivity contribution in [1.29, 1.82) is 0 Å². The maximum absolute atomic E-state index is 12.5. The molecule has 2 aromatic carbocycles. The summed E-state index contributed by atoms with van der Waals surface area (Å²) in [4.78, 5) is 18.3. The van der Waals surface area contributed by atoms with Gasteiger partial charge in [-0.3, -0.25) is 9.69 Å². The molecule has 0 spiro atoms. The van der Waals surface area contributed by atoms with Gasteiger partial charge in [0.25, 0.3) is 11.9 Å². The number of fused-ring (bicyclic) bond motifs is 1. The van der Waals surface area contributed by atoms with E-state index in [0.29, 0.717) is 28.6 Å². The van der Waals surface area contributed by atoms with E-state index in [0.717, 1.165) is 38.0 Å². The number of hydrogen-bond donors (Lipinski definition) is 2. The van der Waals surface area contributed by atoms with Crippen molar-refractivity contribution < 1.29 is 23.1 Å². The Bertz CT molecular complexity index is 1080. The molecule has 2 heterocycles. The zero-order valence-electron chi connectivity index (χ0n) is 17.9. The van der Waals surface area contributed by atoms with E-state index in [1.54, 1.807) is 19.2 Å². The Balaban J connectivity index is 1.34. The first kappa shape index (κ1) is 21.9. The SMILES string of the molecule is COc1ccc(CN2CCC(Nc3nc4c(C(N)=O)[c]ccc4o3)CC2)cc1OCCF. The van der Waals surface area contributed by atoms with Crippen molar-refractivity contribution in [2.45, 2.75) is 25.4 Å². The molecule has 3 N–H and O–H groups in total. The highest BCUT2D eigenvalue weighted by atomic mass is 19.1. The van der Waals surface area contributed by atoms with Crippen molar-refractivity contribution in [3.63, 3.8) is 0 Å². The van der Waals surface area contributed by atoms with Gasteiger partial charge in [-0.1, -0.05) is 6.07 Å². The van der Waals surface area contributed by atoms with Crippen molar-refractivity contribution in [2.24, 2.45) is 5.73 Å². The van der Waals surface area contributed by atoms with Crippen LogP contribution in [0.15, 0.2) is 34.7 Å². The van der Waals surface area contributed by atoms with Crippen LogP contribution in [0.25, 0.3) is 11.1 Å². The third kappa shape index (κ3) is 4.94. The standard InChI is InChI=1S/C23H26FN4O4/c1-30-18-6-5-15(13-20(18)31-12-9-24)14-28-10-7-16(8-11-28)26-23-27-21-17(22(25)29)3-2-4-19(21)32-23/h2,4-6,13,16H,7-12,14H2,1H3,(H2,25,29)(H,26,27). The quantitative estimate of drug-likeness (QED) is 0.526. The number of carbonyl (C=O) groups is 1.